The van der Waals surface area contributed by atoms with Crippen LogP contribution in [0.3, 0.4) is 0 Å². The molecule has 2 heteroatoms. The molecule has 0 spiro atoms. The summed E-state index contributed by atoms with van der Waals surface area (Å²) in [5, 5.41) is 1.15. The van der Waals surface area contributed by atoms with Crippen molar-refractivity contribution in [3.8, 4) is 0 Å². The average molecular weight is 286 g/mol. The third kappa shape index (κ3) is 1.95. The predicted octanol–water partition coefficient (Wildman–Crippen LogP) is 4.63. The Hall–Kier alpha value is -2.48. The zero-order valence-electron chi connectivity index (χ0n) is 13.1. The molecule has 3 aromatic rings. The molecule has 108 valence electrons. The molecule has 0 aliphatic carbocycles. The molecule has 4 rings (SSSR count). The molecule has 0 bridgehead atoms. The molecule has 0 saturated heterocycles. The molecule has 0 atom stereocenters. The van der Waals surface area contributed by atoms with Crippen molar-refractivity contribution in [1.82, 2.24) is 4.98 Å². The Bertz CT molecular complexity index is 920. The van der Waals surface area contributed by atoms with E-state index in [9.17, 15) is 0 Å². The lowest BCUT2D eigenvalue weighted by Crippen LogP contribution is -2.10. The Morgan fingerprint density at radius 3 is 2.64 bits per heavy atom. The molecular formula is C20H18N2. The van der Waals surface area contributed by atoms with Gasteiger partial charge in [-0.05, 0) is 44.5 Å². The number of rotatable bonds is 1. The van der Waals surface area contributed by atoms with Crippen molar-refractivity contribution in [2.45, 2.75) is 26.3 Å². The number of para-hydroxylation sites is 1. The van der Waals surface area contributed by atoms with E-state index in [1.807, 2.05) is 24.4 Å². The van der Waals surface area contributed by atoms with Crippen LogP contribution in [0.1, 0.15) is 36.1 Å². The Kier molecular flexibility index (Phi) is 2.70. The van der Waals surface area contributed by atoms with E-state index in [0.717, 1.165) is 22.2 Å². The van der Waals surface area contributed by atoms with E-state index in [1.54, 1.807) is 0 Å². The zero-order chi connectivity index (χ0) is 15.3. The number of pyridine rings is 1. The number of hydrogen-bond acceptors (Lipinski definition) is 2. The van der Waals surface area contributed by atoms with Gasteiger partial charge in [-0.15, -0.1) is 0 Å². The number of fused-ring (bicyclic) bond motifs is 2. The van der Waals surface area contributed by atoms with Gasteiger partial charge in [0.2, 0.25) is 0 Å². The summed E-state index contributed by atoms with van der Waals surface area (Å²) < 4.78 is 0. The van der Waals surface area contributed by atoms with Crippen LogP contribution in [0.15, 0.2) is 59.7 Å². The Labute approximate surface area is 130 Å². The third-order valence-corrected chi connectivity index (χ3v) is 4.34. The summed E-state index contributed by atoms with van der Waals surface area (Å²) >= 11 is 0. The van der Waals surface area contributed by atoms with Gasteiger partial charge in [0, 0.05) is 22.7 Å². The fourth-order valence-electron chi connectivity index (χ4n) is 3.21. The second-order valence-corrected chi connectivity index (χ2v) is 6.49. The van der Waals surface area contributed by atoms with Crippen LogP contribution in [-0.2, 0) is 5.54 Å². The lowest BCUT2D eigenvalue weighted by Gasteiger charge is -2.15. The quantitative estimate of drug-likeness (QED) is 0.640. The highest BCUT2D eigenvalue weighted by Crippen LogP contribution is 2.37. The minimum absolute atomic E-state index is 0.177. The Balaban J connectivity index is 1.94. The van der Waals surface area contributed by atoms with Crippen LogP contribution >= 0.6 is 0 Å². The summed E-state index contributed by atoms with van der Waals surface area (Å²) in [6.07, 6.45) is 1.94. The molecule has 0 radical (unpaired) electrons. The first-order valence-electron chi connectivity index (χ1n) is 7.61. The van der Waals surface area contributed by atoms with Crippen molar-refractivity contribution in [1.29, 1.82) is 0 Å². The monoisotopic (exact) mass is 286 g/mol. The highest BCUT2D eigenvalue weighted by atomic mass is 14.9. The van der Waals surface area contributed by atoms with E-state index in [0.29, 0.717) is 0 Å². The smallest absolute Gasteiger partial charge is 0.0814 e. The normalized spacial score (nSPS) is 15.7. The number of aromatic nitrogens is 1. The van der Waals surface area contributed by atoms with Crippen LogP contribution in [-0.4, -0.2) is 10.7 Å². The maximum absolute atomic E-state index is 4.98. The molecular weight excluding hydrogens is 268 g/mol. The van der Waals surface area contributed by atoms with E-state index >= 15 is 0 Å². The summed E-state index contributed by atoms with van der Waals surface area (Å²) in [5.41, 5.74) is 6.79. The molecule has 0 saturated carbocycles. The van der Waals surface area contributed by atoms with Crippen LogP contribution in [0.25, 0.3) is 10.9 Å². The SMILES string of the molecule is Cc1ccc2c(c1)C(c1cnc3ccccc3c1)=NC2(C)C. The fourth-order valence-corrected chi connectivity index (χ4v) is 3.21. The van der Waals surface area contributed by atoms with E-state index in [-0.39, 0.29) is 5.54 Å². The van der Waals surface area contributed by atoms with Gasteiger partial charge < -0.3 is 0 Å². The molecule has 2 nitrogen and oxygen atoms in total. The summed E-state index contributed by atoms with van der Waals surface area (Å²) in [6, 6.07) is 17.0. The number of benzene rings is 2. The van der Waals surface area contributed by atoms with Gasteiger partial charge in [-0.2, -0.15) is 0 Å². The topological polar surface area (TPSA) is 25.2 Å². The number of nitrogens with zero attached hydrogens (tertiary/aromatic N) is 2. The molecule has 1 aliphatic heterocycles. The van der Waals surface area contributed by atoms with Crippen LogP contribution in [0.2, 0.25) is 0 Å². The molecule has 0 unspecified atom stereocenters. The maximum atomic E-state index is 4.98. The lowest BCUT2D eigenvalue weighted by atomic mass is 9.90. The molecule has 0 amide bonds. The largest absolute Gasteiger partial charge is 0.273 e. The van der Waals surface area contributed by atoms with Gasteiger partial charge in [0.05, 0.1) is 16.8 Å². The van der Waals surface area contributed by atoms with E-state index in [2.05, 4.69) is 56.1 Å². The molecule has 2 aromatic carbocycles. The highest BCUT2D eigenvalue weighted by Gasteiger charge is 2.32. The fraction of sp³-hybridized carbons (Fsp3) is 0.200. The summed E-state index contributed by atoms with van der Waals surface area (Å²) in [4.78, 5) is 9.57. The van der Waals surface area contributed by atoms with Crippen LogP contribution in [0, 0.1) is 6.92 Å². The van der Waals surface area contributed by atoms with E-state index in [4.69, 9.17) is 4.99 Å². The maximum Gasteiger partial charge on any atom is 0.0814 e. The van der Waals surface area contributed by atoms with Crippen molar-refractivity contribution in [3.63, 3.8) is 0 Å². The minimum Gasteiger partial charge on any atom is -0.273 e. The van der Waals surface area contributed by atoms with Gasteiger partial charge in [-0.25, -0.2) is 0 Å². The molecule has 1 aliphatic rings. The van der Waals surface area contributed by atoms with Gasteiger partial charge in [0.1, 0.15) is 0 Å². The number of aryl methyl sites for hydroxylation is 1. The zero-order valence-corrected chi connectivity index (χ0v) is 13.1. The molecule has 1 aromatic heterocycles. The minimum atomic E-state index is -0.177. The number of aliphatic imine (C=N–C) groups is 1. The van der Waals surface area contributed by atoms with Crippen molar-refractivity contribution in [2.24, 2.45) is 4.99 Å². The summed E-state index contributed by atoms with van der Waals surface area (Å²) in [6.45, 7) is 6.47. The van der Waals surface area contributed by atoms with Crippen molar-refractivity contribution >= 4 is 16.6 Å². The van der Waals surface area contributed by atoms with Crippen molar-refractivity contribution in [2.75, 3.05) is 0 Å². The second kappa shape index (κ2) is 4.51. The van der Waals surface area contributed by atoms with Gasteiger partial charge in [0.15, 0.2) is 0 Å². The summed E-state index contributed by atoms with van der Waals surface area (Å²) in [7, 11) is 0. The summed E-state index contributed by atoms with van der Waals surface area (Å²) in [5.74, 6) is 0. The van der Waals surface area contributed by atoms with Crippen molar-refractivity contribution in [3.05, 3.63) is 77.0 Å². The molecule has 22 heavy (non-hydrogen) atoms. The average Bonchev–Trinajstić information content (AvgIpc) is 2.78. The first-order chi connectivity index (χ1) is 10.5. The Morgan fingerprint density at radius 2 is 1.77 bits per heavy atom. The van der Waals surface area contributed by atoms with E-state index < -0.39 is 0 Å². The third-order valence-electron chi connectivity index (χ3n) is 4.34. The first-order valence-corrected chi connectivity index (χ1v) is 7.61. The van der Waals surface area contributed by atoms with E-state index in [1.165, 1.54) is 16.7 Å². The van der Waals surface area contributed by atoms with Gasteiger partial charge in [0.25, 0.3) is 0 Å². The van der Waals surface area contributed by atoms with Crippen LogP contribution in [0.4, 0.5) is 0 Å². The molecule has 0 N–H and O–H groups in total. The van der Waals surface area contributed by atoms with Gasteiger partial charge >= 0.3 is 0 Å². The van der Waals surface area contributed by atoms with Crippen LogP contribution < -0.4 is 0 Å². The van der Waals surface area contributed by atoms with Gasteiger partial charge in [-0.3, -0.25) is 9.98 Å². The predicted molar refractivity (Wildman–Crippen MR) is 91.6 cm³/mol. The lowest BCUT2D eigenvalue weighted by molar-refractivity contribution is 0.572. The molecule has 0 fully saturated rings. The second-order valence-electron chi connectivity index (χ2n) is 6.49. The van der Waals surface area contributed by atoms with Gasteiger partial charge in [-0.1, -0.05) is 35.9 Å². The highest BCUT2D eigenvalue weighted by molar-refractivity contribution is 6.16. The first kappa shape index (κ1) is 13.2. The van der Waals surface area contributed by atoms with Crippen molar-refractivity contribution < 1.29 is 0 Å². The Morgan fingerprint density at radius 1 is 0.955 bits per heavy atom. The molecule has 2 heterocycles. The number of hydrogen-bond donors (Lipinski definition) is 0. The standard InChI is InChI=1S/C20H18N2/c1-13-8-9-17-16(10-13)19(22-20(17,2)3)15-11-14-6-4-5-7-18(14)21-12-15/h4-12H,1-3H3. The van der Waals surface area contributed by atoms with Crippen LogP contribution in [0.5, 0.6) is 0 Å².